The van der Waals surface area contributed by atoms with Gasteiger partial charge in [-0.3, -0.25) is 9.63 Å². The Morgan fingerprint density at radius 1 is 1.53 bits per heavy atom. The highest BCUT2D eigenvalue weighted by atomic mass is 79.9. The molecule has 0 spiro atoms. The van der Waals surface area contributed by atoms with Crippen LogP contribution in [0.3, 0.4) is 0 Å². The lowest BCUT2D eigenvalue weighted by Gasteiger charge is -2.09. The van der Waals surface area contributed by atoms with Crippen LogP contribution >= 0.6 is 15.9 Å². The molecule has 3 nitrogen and oxygen atoms in total. The van der Waals surface area contributed by atoms with E-state index >= 15 is 0 Å². The van der Waals surface area contributed by atoms with E-state index in [0.717, 1.165) is 0 Å². The summed E-state index contributed by atoms with van der Waals surface area (Å²) in [6.07, 6.45) is -0.149. The van der Waals surface area contributed by atoms with Gasteiger partial charge >= 0.3 is 0 Å². The highest BCUT2D eigenvalue weighted by Crippen LogP contribution is 2.15. The number of hydrogen-bond donors (Lipinski definition) is 1. The van der Waals surface area contributed by atoms with E-state index in [1.165, 1.54) is 18.2 Å². The predicted octanol–water partition coefficient (Wildman–Crippen LogP) is 2.66. The van der Waals surface area contributed by atoms with E-state index in [1.807, 2.05) is 0 Å². The quantitative estimate of drug-likeness (QED) is 0.862. The molecule has 0 unspecified atom stereocenters. The maximum atomic E-state index is 13.2. The maximum absolute atomic E-state index is 13.2. The summed E-state index contributed by atoms with van der Waals surface area (Å²) in [5.41, 5.74) is 2.12. The maximum Gasteiger partial charge on any atom is 0.277 e. The van der Waals surface area contributed by atoms with Crippen LogP contribution in [0.2, 0.25) is 0 Å². The zero-order valence-corrected chi connectivity index (χ0v) is 9.97. The molecule has 0 radical (unpaired) electrons. The van der Waals surface area contributed by atoms with Crippen LogP contribution in [-0.4, -0.2) is 12.0 Å². The lowest BCUT2D eigenvalue weighted by atomic mass is 10.2. The van der Waals surface area contributed by atoms with Gasteiger partial charge in [0.05, 0.1) is 11.7 Å². The van der Waals surface area contributed by atoms with Gasteiger partial charge in [0.15, 0.2) is 0 Å². The van der Waals surface area contributed by atoms with Crippen molar-refractivity contribution in [3.63, 3.8) is 0 Å². The second-order valence-corrected chi connectivity index (χ2v) is 4.14. The van der Waals surface area contributed by atoms with E-state index in [2.05, 4.69) is 21.4 Å². The summed E-state index contributed by atoms with van der Waals surface area (Å²) in [5, 5.41) is 0. The standard InChI is InChI=1S/C10H11BrFNO2/c1-6(2)15-13-10(14)8-5-7(11)3-4-9(8)12/h3-6H,1-2H3,(H,13,14). The minimum absolute atomic E-state index is 0.0509. The lowest BCUT2D eigenvalue weighted by Crippen LogP contribution is -2.27. The molecule has 82 valence electrons. The van der Waals surface area contributed by atoms with Crippen molar-refractivity contribution < 1.29 is 14.0 Å². The Bertz CT molecular complexity index is 368. The minimum Gasteiger partial charge on any atom is -0.271 e. The SMILES string of the molecule is CC(C)ONC(=O)c1cc(Br)ccc1F. The first-order valence-corrected chi connectivity index (χ1v) is 5.21. The van der Waals surface area contributed by atoms with Crippen molar-refractivity contribution in [2.75, 3.05) is 0 Å². The molecular formula is C10H11BrFNO2. The number of rotatable bonds is 3. The van der Waals surface area contributed by atoms with Crippen LogP contribution in [0.4, 0.5) is 4.39 Å². The van der Waals surface area contributed by atoms with Gasteiger partial charge in [-0.1, -0.05) is 15.9 Å². The van der Waals surface area contributed by atoms with E-state index in [1.54, 1.807) is 13.8 Å². The zero-order valence-electron chi connectivity index (χ0n) is 8.38. The highest BCUT2D eigenvalue weighted by Gasteiger charge is 2.12. The minimum atomic E-state index is -0.595. The number of nitrogens with one attached hydrogen (secondary N) is 1. The molecular weight excluding hydrogens is 265 g/mol. The Morgan fingerprint density at radius 3 is 2.80 bits per heavy atom. The van der Waals surface area contributed by atoms with Gasteiger partial charge in [-0.2, -0.15) is 0 Å². The van der Waals surface area contributed by atoms with Crippen LogP contribution < -0.4 is 5.48 Å². The second kappa shape index (κ2) is 5.23. The summed E-state index contributed by atoms with van der Waals surface area (Å²) in [7, 11) is 0. The fraction of sp³-hybridized carbons (Fsp3) is 0.300. The zero-order chi connectivity index (χ0) is 11.4. The van der Waals surface area contributed by atoms with E-state index < -0.39 is 11.7 Å². The molecule has 0 aliphatic heterocycles. The third-order valence-electron chi connectivity index (χ3n) is 1.56. The Hall–Kier alpha value is -0.940. The van der Waals surface area contributed by atoms with Crippen molar-refractivity contribution in [2.45, 2.75) is 20.0 Å². The molecule has 1 aromatic rings. The second-order valence-electron chi connectivity index (χ2n) is 3.22. The average molecular weight is 276 g/mol. The third kappa shape index (κ3) is 3.60. The number of amides is 1. The Balaban J connectivity index is 2.77. The largest absolute Gasteiger partial charge is 0.277 e. The summed E-state index contributed by atoms with van der Waals surface area (Å²) >= 11 is 3.16. The Morgan fingerprint density at radius 2 is 2.20 bits per heavy atom. The van der Waals surface area contributed by atoms with E-state index in [9.17, 15) is 9.18 Å². The van der Waals surface area contributed by atoms with Gasteiger partial charge in [-0.25, -0.2) is 9.87 Å². The van der Waals surface area contributed by atoms with Crippen LogP contribution in [0.1, 0.15) is 24.2 Å². The summed E-state index contributed by atoms with van der Waals surface area (Å²) in [5.74, 6) is -1.18. The molecule has 0 heterocycles. The van der Waals surface area contributed by atoms with Crippen molar-refractivity contribution in [1.82, 2.24) is 5.48 Å². The van der Waals surface area contributed by atoms with Crippen molar-refractivity contribution in [3.05, 3.63) is 34.1 Å². The van der Waals surface area contributed by atoms with Gasteiger partial charge in [0.2, 0.25) is 0 Å². The van der Waals surface area contributed by atoms with Gasteiger partial charge < -0.3 is 0 Å². The van der Waals surface area contributed by atoms with Gasteiger partial charge in [0.25, 0.3) is 5.91 Å². The number of halogens is 2. The first kappa shape index (κ1) is 12.1. The normalized spacial score (nSPS) is 10.5. The van der Waals surface area contributed by atoms with Crippen LogP contribution in [0, 0.1) is 5.82 Å². The van der Waals surface area contributed by atoms with Crippen LogP contribution in [-0.2, 0) is 4.84 Å². The van der Waals surface area contributed by atoms with Crippen molar-refractivity contribution in [2.24, 2.45) is 0 Å². The summed E-state index contributed by atoms with van der Waals surface area (Å²) in [6, 6.07) is 4.14. The average Bonchev–Trinajstić information content (AvgIpc) is 2.18. The summed E-state index contributed by atoms with van der Waals surface area (Å²) in [6.45, 7) is 3.52. The fourth-order valence-electron chi connectivity index (χ4n) is 0.898. The van der Waals surface area contributed by atoms with Crippen molar-refractivity contribution in [3.8, 4) is 0 Å². The van der Waals surface area contributed by atoms with Gasteiger partial charge in [0, 0.05) is 4.47 Å². The monoisotopic (exact) mass is 275 g/mol. The first-order chi connectivity index (χ1) is 7.00. The molecule has 1 rings (SSSR count). The molecule has 0 aromatic heterocycles. The number of carbonyl (C=O) groups excluding carboxylic acids is 1. The molecule has 0 saturated carbocycles. The number of hydrogen-bond acceptors (Lipinski definition) is 2. The molecule has 1 N–H and O–H groups in total. The Kier molecular flexibility index (Phi) is 4.23. The van der Waals surface area contributed by atoms with Crippen LogP contribution in [0.25, 0.3) is 0 Å². The van der Waals surface area contributed by atoms with Crippen molar-refractivity contribution >= 4 is 21.8 Å². The molecule has 0 saturated heterocycles. The fourth-order valence-corrected chi connectivity index (χ4v) is 1.26. The molecule has 1 aromatic carbocycles. The van der Waals surface area contributed by atoms with E-state index in [-0.39, 0.29) is 11.7 Å². The smallest absolute Gasteiger partial charge is 0.271 e. The van der Waals surface area contributed by atoms with Crippen LogP contribution in [0.15, 0.2) is 22.7 Å². The highest BCUT2D eigenvalue weighted by molar-refractivity contribution is 9.10. The number of carbonyl (C=O) groups is 1. The topological polar surface area (TPSA) is 38.3 Å². The molecule has 0 atom stereocenters. The molecule has 0 aliphatic carbocycles. The molecule has 5 heteroatoms. The molecule has 15 heavy (non-hydrogen) atoms. The van der Waals surface area contributed by atoms with Crippen molar-refractivity contribution in [1.29, 1.82) is 0 Å². The first-order valence-electron chi connectivity index (χ1n) is 4.41. The van der Waals surface area contributed by atoms with Crippen LogP contribution in [0.5, 0.6) is 0 Å². The van der Waals surface area contributed by atoms with Gasteiger partial charge in [-0.15, -0.1) is 0 Å². The van der Waals surface area contributed by atoms with Gasteiger partial charge in [-0.05, 0) is 32.0 Å². The lowest BCUT2D eigenvalue weighted by molar-refractivity contribution is -0.0000682. The molecule has 0 fully saturated rings. The number of benzene rings is 1. The molecule has 1 amide bonds. The predicted molar refractivity (Wildman–Crippen MR) is 57.8 cm³/mol. The van der Waals surface area contributed by atoms with Gasteiger partial charge in [0.1, 0.15) is 5.82 Å². The summed E-state index contributed by atoms with van der Waals surface area (Å²) < 4.78 is 13.8. The van der Waals surface area contributed by atoms with E-state index in [0.29, 0.717) is 4.47 Å². The molecule has 0 aliphatic rings. The van der Waals surface area contributed by atoms with E-state index in [4.69, 9.17) is 4.84 Å². The Labute approximate surface area is 95.7 Å². The third-order valence-corrected chi connectivity index (χ3v) is 2.05. The number of hydroxylamine groups is 1. The molecule has 0 bridgehead atoms. The summed E-state index contributed by atoms with van der Waals surface area (Å²) in [4.78, 5) is 16.3.